The summed E-state index contributed by atoms with van der Waals surface area (Å²) in [6.07, 6.45) is 0.332. The van der Waals surface area contributed by atoms with Crippen molar-refractivity contribution >= 4 is 29.5 Å². The second-order valence-corrected chi connectivity index (χ2v) is 5.34. The Kier molecular flexibility index (Phi) is 7.38. The number of morpholine rings is 1. The van der Waals surface area contributed by atoms with Crippen LogP contribution in [0.3, 0.4) is 0 Å². The normalized spacial score (nSPS) is 16.6. The van der Waals surface area contributed by atoms with E-state index < -0.39 is 12.0 Å². The van der Waals surface area contributed by atoms with Gasteiger partial charge in [0.15, 0.2) is 0 Å². The van der Waals surface area contributed by atoms with Gasteiger partial charge in [0.25, 0.3) is 0 Å². The first-order valence-corrected chi connectivity index (χ1v) is 7.65. The number of aliphatic carboxylic acids is 1. The lowest BCUT2D eigenvalue weighted by Gasteiger charge is -2.26. The Morgan fingerprint density at radius 1 is 1.30 bits per heavy atom. The number of carbonyl (C=O) groups is 3. The van der Waals surface area contributed by atoms with Crippen molar-refractivity contribution in [1.29, 1.82) is 0 Å². The van der Waals surface area contributed by atoms with Gasteiger partial charge in [0, 0.05) is 13.1 Å². The van der Waals surface area contributed by atoms with E-state index in [2.05, 4.69) is 5.32 Å². The minimum atomic E-state index is -1.05. The number of nitrogens with one attached hydrogen (secondary N) is 1. The molecule has 0 bridgehead atoms. The molecule has 8 heteroatoms. The smallest absolute Gasteiger partial charge is 0.326 e. The highest BCUT2D eigenvalue weighted by molar-refractivity contribution is 8.00. The van der Waals surface area contributed by atoms with E-state index in [1.165, 1.54) is 11.8 Å². The maximum Gasteiger partial charge on any atom is 0.326 e. The lowest BCUT2D eigenvalue weighted by atomic mass is 10.2. The predicted octanol–water partition coefficient (Wildman–Crippen LogP) is -0.442. The molecule has 0 radical (unpaired) electrons. The molecule has 0 aliphatic carbocycles. The van der Waals surface area contributed by atoms with Crippen molar-refractivity contribution in [2.75, 3.05) is 37.8 Å². The van der Waals surface area contributed by atoms with Crippen LogP contribution >= 0.6 is 11.8 Å². The summed E-state index contributed by atoms with van der Waals surface area (Å²) in [5, 5.41) is 11.2. The third-order valence-corrected chi connectivity index (χ3v) is 3.78. The van der Waals surface area contributed by atoms with Crippen molar-refractivity contribution < 1.29 is 24.2 Å². The van der Waals surface area contributed by atoms with Crippen molar-refractivity contribution in [1.82, 2.24) is 10.2 Å². The van der Waals surface area contributed by atoms with Gasteiger partial charge in [-0.15, -0.1) is 11.8 Å². The summed E-state index contributed by atoms with van der Waals surface area (Å²) in [5.74, 6) is -1.12. The first kappa shape index (κ1) is 16.8. The van der Waals surface area contributed by atoms with E-state index in [1.54, 1.807) is 11.8 Å². The van der Waals surface area contributed by atoms with Gasteiger partial charge in [0.1, 0.15) is 6.04 Å². The summed E-state index contributed by atoms with van der Waals surface area (Å²) in [6.45, 7) is 3.96. The van der Waals surface area contributed by atoms with E-state index in [1.807, 2.05) is 0 Å². The predicted molar refractivity (Wildman–Crippen MR) is 74.6 cm³/mol. The monoisotopic (exact) mass is 304 g/mol. The second-order valence-electron chi connectivity index (χ2n) is 4.35. The maximum atomic E-state index is 11.8. The minimum Gasteiger partial charge on any atom is -0.480 e. The summed E-state index contributed by atoms with van der Waals surface area (Å²) in [4.78, 5) is 35.8. The second kappa shape index (κ2) is 8.80. The first-order valence-electron chi connectivity index (χ1n) is 6.50. The van der Waals surface area contributed by atoms with Crippen LogP contribution in [0.15, 0.2) is 0 Å². The van der Waals surface area contributed by atoms with Crippen molar-refractivity contribution in [3.63, 3.8) is 0 Å². The standard InChI is InChI=1S/C12H20N2O5S/c1-2-9(12(17)18)13-10(15)7-20-8-11(16)14-3-5-19-6-4-14/h9H,2-8H2,1H3,(H,13,15)(H,17,18)/t9-/m0/s1. The fourth-order valence-corrected chi connectivity index (χ4v) is 2.44. The number of carbonyl (C=O) groups excluding carboxylic acids is 2. The van der Waals surface area contributed by atoms with Gasteiger partial charge in [0.05, 0.1) is 24.7 Å². The van der Waals surface area contributed by atoms with E-state index >= 15 is 0 Å². The number of hydrogen-bond acceptors (Lipinski definition) is 5. The van der Waals surface area contributed by atoms with Crippen LogP contribution in [0, 0.1) is 0 Å². The highest BCUT2D eigenvalue weighted by atomic mass is 32.2. The number of hydrogen-bond donors (Lipinski definition) is 2. The van der Waals surface area contributed by atoms with Gasteiger partial charge in [-0.1, -0.05) is 6.92 Å². The van der Waals surface area contributed by atoms with E-state index in [-0.39, 0.29) is 23.3 Å². The number of thioether (sulfide) groups is 1. The lowest BCUT2D eigenvalue weighted by molar-refractivity contribution is -0.141. The quantitative estimate of drug-likeness (QED) is 0.662. The molecule has 0 aromatic heterocycles. The zero-order valence-corrected chi connectivity index (χ0v) is 12.3. The van der Waals surface area contributed by atoms with Gasteiger partial charge in [-0.3, -0.25) is 9.59 Å². The fourth-order valence-electron chi connectivity index (χ4n) is 1.71. The molecule has 0 aromatic carbocycles. The summed E-state index contributed by atoms with van der Waals surface area (Å²) >= 11 is 1.19. The van der Waals surface area contributed by atoms with Crippen LogP contribution in [0.4, 0.5) is 0 Å². The molecule has 0 spiro atoms. The van der Waals surface area contributed by atoms with Crippen LogP contribution < -0.4 is 5.32 Å². The van der Waals surface area contributed by atoms with E-state index in [0.717, 1.165) is 0 Å². The lowest BCUT2D eigenvalue weighted by Crippen LogP contribution is -2.42. The summed E-state index contributed by atoms with van der Waals surface area (Å²) < 4.78 is 5.15. The Morgan fingerprint density at radius 2 is 1.95 bits per heavy atom. The molecule has 1 heterocycles. The molecular weight excluding hydrogens is 284 g/mol. The van der Waals surface area contributed by atoms with Gasteiger partial charge in [-0.05, 0) is 6.42 Å². The number of carboxylic acid groups (broad SMARTS) is 1. The van der Waals surface area contributed by atoms with Crippen molar-refractivity contribution in [3.05, 3.63) is 0 Å². The number of carboxylic acids is 1. The van der Waals surface area contributed by atoms with Gasteiger partial charge >= 0.3 is 5.97 Å². The molecular formula is C12H20N2O5S. The van der Waals surface area contributed by atoms with Gasteiger partial charge in [0.2, 0.25) is 11.8 Å². The molecule has 1 atom stereocenters. The Balaban J connectivity index is 2.20. The van der Waals surface area contributed by atoms with Gasteiger partial charge < -0.3 is 20.1 Å². The van der Waals surface area contributed by atoms with Crippen molar-refractivity contribution in [2.24, 2.45) is 0 Å². The molecule has 0 unspecified atom stereocenters. The molecule has 1 fully saturated rings. The first-order chi connectivity index (χ1) is 9.54. The van der Waals surface area contributed by atoms with Crippen LogP contribution in [-0.2, 0) is 19.1 Å². The number of nitrogens with zero attached hydrogens (tertiary/aromatic N) is 1. The van der Waals surface area contributed by atoms with Crippen LogP contribution in [-0.4, -0.2) is 71.6 Å². The average molecular weight is 304 g/mol. The SMILES string of the molecule is CC[C@H](NC(=O)CSCC(=O)N1CCOCC1)C(=O)O. The summed E-state index contributed by atoms with van der Waals surface area (Å²) in [7, 11) is 0. The third-order valence-electron chi connectivity index (χ3n) is 2.86. The Labute approximate surface area is 122 Å². The zero-order chi connectivity index (χ0) is 15.0. The molecule has 1 aliphatic heterocycles. The van der Waals surface area contributed by atoms with Crippen molar-refractivity contribution in [2.45, 2.75) is 19.4 Å². The molecule has 2 N–H and O–H groups in total. The topological polar surface area (TPSA) is 95.9 Å². The van der Waals surface area contributed by atoms with Crippen LogP contribution in [0.25, 0.3) is 0 Å². The zero-order valence-electron chi connectivity index (χ0n) is 11.5. The van der Waals surface area contributed by atoms with E-state index in [4.69, 9.17) is 9.84 Å². The highest BCUT2D eigenvalue weighted by Gasteiger charge is 2.19. The number of ether oxygens (including phenoxy) is 1. The molecule has 7 nitrogen and oxygen atoms in total. The Hall–Kier alpha value is -1.28. The third kappa shape index (κ3) is 5.79. The molecule has 1 saturated heterocycles. The van der Waals surface area contributed by atoms with Crippen molar-refractivity contribution in [3.8, 4) is 0 Å². The molecule has 1 rings (SSSR count). The molecule has 20 heavy (non-hydrogen) atoms. The van der Waals surface area contributed by atoms with Crippen LogP contribution in [0.5, 0.6) is 0 Å². The molecule has 2 amide bonds. The maximum absolute atomic E-state index is 11.8. The average Bonchev–Trinajstić information content (AvgIpc) is 2.45. The van der Waals surface area contributed by atoms with Crippen LogP contribution in [0.2, 0.25) is 0 Å². The fraction of sp³-hybridized carbons (Fsp3) is 0.750. The van der Waals surface area contributed by atoms with Crippen LogP contribution in [0.1, 0.15) is 13.3 Å². The van der Waals surface area contributed by atoms with E-state index in [9.17, 15) is 14.4 Å². The minimum absolute atomic E-state index is 0.0172. The summed E-state index contributed by atoms with van der Waals surface area (Å²) in [6, 6.07) is -0.863. The molecule has 1 aliphatic rings. The Bertz CT molecular complexity index is 358. The van der Waals surface area contributed by atoms with Gasteiger partial charge in [-0.25, -0.2) is 4.79 Å². The van der Waals surface area contributed by atoms with E-state index in [0.29, 0.717) is 32.7 Å². The van der Waals surface area contributed by atoms with Gasteiger partial charge in [-0.2, -0.15) is 0 Å². The molecule has 0 aromatic rings. The number of rotatable bonds is 7. The number of amides is 2. The largest absolute Gasteiger partial charge is 0.480 e. The Morgan fingerprint density at radius 3 is 2.50 bits per heavy atom. The molecule has 0 saturated carbocycles. The molecule has 114 valence electrons. The summed E-state index contributed by atoms with van der Waals surface area (Å²) in [5.41, 5.74) is 0. The highest BCUT2D eigenvalue weighted by Crippen LogP contribution is 2.05.